The van der Waals surface area contributed by atoms with Gasteiger partial charge in [0.25, 0.3) is 0 Å². The highest BCUT2D eigenvalue weighted by atomic mass is 19.2. The van der Waals surface area contributed by atoms with E-state index in [1.165, 1.54) is 48.6 Å². The molecule has 1 saturated carbocycles. The molecule has 0 saturated heterocycles. The maximum absolute atomic E-state index is 13.3. The fourth-order valence-electron chi connectivity index (χ4n) is 2.56. The Hall–Kier alpha value is -2.33. The lowest BCUT2D eigenvalue weighted by Crippen LogP contribution is -2.23. The molecule has 1 atom stereocenters. The molecule has 1 fully saturated rings. The Morgan fingerprint density at radius 2 is 1.64 bits per heavy atom. The van der Waals surface area contributed by atoms with Crippen LogP contribution in [0.3, 0.4) is 0 Å². The number of anilines is 2. The van der Waals surface area contributed by atoms with E-state index in [9.17, 15) is 4.48 Å². The van der Waals surface area contributed by atoms with Gasteiger partial charge in [-0.1, -0.05) is 59.8 Å². The molecule has 2 aromatic carbocycles. The lowest BCUT2D eigenvalue weighted by Gasteiger charge is -2.17. The Kier molecular flexibility index (Phi) is 11.0. The number of hydrogen-bond acceptors (Lipinski definition) is 3. The molecular weight excluding hydrogens is 351 g/mol. The first-order valence-electron chi connectivity index (χ1n) is 10.1. The van der Waals surface area contributed by atoms with Gasteiger partial charge in [-0.25, -0.2) is 0 Å². The molecule has 154 valence electrons. The van der Waals surface area contributed by atoms with Crippen LogP contribution in [0.5, 0.6) is 0 Å². The molecular formula is C24H35FN2O. The van der Waals surface area contributed by atoms with Gasteiger partial charge in [0.2, 0.25) is 0 Å². The van der Waals surface area contributed by atoms with Crippen molar-refractivity contribution in [2.24, 2.45) is 0 Å². The van der Waals surface area contributed by atoms with E-state index < -0.39 is 6.23 Å². The summed E-state index contributed by atoms with van der Waals surface area (Å²) in [7, 11) is 1.92. The van der Waals surface area contributed by atoms with Crippen LogP contribution in [0.15, 0.2) is 60.2 Å². The van der Waals surface area contributed by atoms with Gasteiger partial charge in [0.05, 0.1) is 5.69 Å². The Labute approximate surface area is 169 Å². The molecule has 0 radical (unpaired) electrons. The zero-order valence-corrected chi connectivity index (χ0v) is 17.9. The summed E-state index contributed by atoms with van der Waals surface area (Å²) in [5.41, 5.74) is 5.56. The summed E-state index contributed by atoms with van der Waals surface area (Å²) in [5, 5.41) is 12.5. The van der Waals surface area contributed by atoms with Crippen LogP contribution < -0.4 is 10.4 Å². The Morgan fingerprint density at radius 3 is 2.07 bits per heavy atom. The van der Waals surface area contributed by atoms with Crippen molar-refractivity contribution >= 4 is 11.4 Å². The second-order valence-corrected chi connectivity index (χ2v) is 6.65. The van der Waals surface area contributed by atoms with Crippen LogP contribution >= 0.6 is 0 Å². The zero-order chi connectivity index (χ0) is 20.9. The number of allylic oxidation sites excluding steroid dienone is 2. The van der Waals surface area contributed by atoms with Crippen LogP contribution in [-0.4, -0.2) is 18.4 Å². The van der Waals surface area contributed by atoms with E-state index in [1.54, 1.807) is 12.1 Å². The quantitative estimate of drug-likeness (QED) is 0.353. The van der Waals surface area contributed by atoms with E-state index >= 15 is 0 Å². The largest absolute Gasteiger partial charge is 0.388 e. The first kappa shape index (κ1) is 23.7. The van der Waals surface area contributed by atoms with Gasteiger partial charge in [0, 0.05) is 12.7 Å². The summed E-state index contributed by atoms with van der Waals surface area (Å²) in [6.07, 6.45) is 5.85. The van der Waals surface area contributed by atoms with E-state index in [-0.39, 0.29) is 0 Å². The van der Waals surface area contributed by atoms with E-state index in [0.29, 0.717) is 10.8 Å². The number of nitrogens with zero attached hydrogens (tertiary/aromatic N) is 1. The Balaban J connectivity index is 0.000000301. The maximum atomic E-state index is 13.3. The average Bonchev–Trinajstić information content (AvgIpc) is 2.69. The molecule has 0 aromatic heterocycles. The summed E-state index contributed by atoms with van der Waals surface area (Å²) >= 11 is 0. The summed E-state index contributed by atoms with van der Waals surface area (Å²) in [6.45, 7) is 7.48. The second kappa shape index (κ2) is 12.9. The van der Waals surface area contributed by atoms with Crippen LogP contribution in [0.4, 0.5) is 15.9 Å². The van der Waals surface area contributed by atoms with Gasteiger partial charge < -0.3 is 10.4 Å². The molecule has 0 heterocycles. The van der Waals surface area contributed by atoms with E-state index in [0.717, 1.165) is 6.42 Å². The number of nitrogens with one attached hydrogen (secondary N) is 1. The summed E-state index contributed by atoms with van der Waals surface area (Å²) < 4.78 is 13.3. The average molecular weight is 387 g/mol. The minimum Gasteiger partial charge on any atom is -0.388 e. The fraction of sp³-hybridized carbons (Fsp3) is 0.417. The van der Waals surface area contributed by atoms with Crippen molar-refractivity contribution in [3.8, 4) is 0 Å². The van der Waals surface area contributed by atoms with Gasteiger partial charge in [-0.15, -0.1) is 0 Å². The zero-order valence-electron chi connectivity index (χ0n) is 17.9. The highest BCUT2D eigenvalue weighted by molar-refractivity contribution is 5.46. The highest BCUT2D eigenvalue weighted by Crippen LogP contribution is 2.26. The normalized spacial score (nSPS) is 13.0. The monoisotopic (exact) mass is 386 g/mol. The molecule has 4 heteroatoms. The summed E-state index contributed by atoms with van der Waals surface area (Å²) in [6, 6.07) is 15.5. The first-order chi connectivity index (χ1) is 13.5. The maximum Gasteiger partial charge on any atom is 0.153 e. The number of hydrogen-bond donors (Lipinski definition) is 2. The van der Waals surface area contributed by atoms with Gasteiger partial charge in [0.15, 0.2) is 6.23 Å². The standard InChI is InChI=1S/C14H18FNO.C8H11N.C2H6/c1-11(17)16(15)14-9-7-13(8-10-14)6-5-12-3-2-4-12;1-7-3-5-8(9-2)6-4-7;1-2/h5,7-11,17H,2-4,6H2,1H3;3-6,9H,1-2H3;1-2H3. The Morgan fingerprint density at radius 1 is 1.07 bits per heavy atom. The van der Waals surface area contributed by atoms with E-state index in [2.05, 4.69) is 42.6 Å². The van der Waals surface area contributed by atoms with Gasteiger partial charge in [-0.3, -0.25) is 0 Å². The summed E-state index contributed by atoms with van der Waals surface area (Å²) in [5.74, 6) is 0. The molecule has 0 aliphatic heterocycles. The number of aliphatic hydroxyl groups is 1. The van der Waals surface area contributed by atoms with Gasteiger partial charge in [-0.2, -0.15) is 5.12 Å². The number of benzene rings is 2. The molecule has 3 nitrogen and oxygen atoms in total. The number of aryl methyl sites for hydroxylation is 1. The molecule has 0 amide bonds. The Bertz CT molecular complexity index is 688. The van der Waals surface area contributed by atoms with Crippen molar-refractivity contribution in [2.45, 2.75) is 59.6 Å². The predicted octanol–water partition coefficient (Wildman–Crippen LogP) is 6.43. The third-order valence-corrected chi connectivity index (χ3v) is 4.47. The molecule has 1 aliphatic carbocycles. The van der Waals surface area contributed by atoms with Crippen molar-refractivity contribution in [2.75, 3.05) is 17.5 Å². The van der Waals surface area contributed by atoms with Gasteiger partial charge in [-0.05, 0) is 69.4 Å². The molecule has 3 rings (SSSR count). The van der Waals surface area contributed by atoms with Gasteiger partial charge in [0.1, 0.15) is 0 Å². The third kappa shape index (κ3) is 8.13. The molecule has 1 aliphatic rings. The lowest BCUT2D eigenvalue weighted by molar-refractivity contribution is 0.134. The SMILES string of the molecule is CC.CC(O)N(F)c1ccc(CC=C2CCC2)cc1.CNc1ccc(C)cc1. The molecule has 2 N–H and O–H groups in total. The van der Waals surface area contributed by atoms with E-state index in [4.69, 9.17) is 5.11 Å². The molecule has 0 bridgehead atoms. The molecule has 1 unspecified atom stereocenters. The van der Waals surface area contributed by atoms with Gasteiger partial charge >= 0.3 is 0 Å². The van der Waals surface area contributed by atoms with Crippen LogP contribution in [0.1, 0.15) is 51.2 Å². The van der Waals surface area contributed by atoms with Crippen LogP contribution in [0.2, 0.25) is 0 Å². The van der Waals surface area contributed by atoms with Crippen molar-refractivity contribution in [3.05, 3.63) is 71.3 Å². The minimum absolute atomic E-state index is 0.355. The lowest BCUT2D eigenvalue weighted by atomic mass is 9.91. The fourth-order valence-corrected chi connectivity index (χ4v) is 2.56. The van der Waals surface area contributed by atoms with Crippen LogP contribution in [0.25, 0.3) is 0 Å². The topological polar surface area (TPSA) is 35.5 Å². The van der Waals surface area contributed by atoms with Crippen LogP contribution in [0, 0.1) is 6.92 Å². The third-order valence-electron chi connectivity index (χ3n) is 4.47. The molecule has 2 aromatic rings. The highest BCUT2D eigenvalue weighted by Gasteiger charge is 2.10. The first-order valence-corrected chi connectivity index (χ1v) is 10.1. The van der Waals surface area contributed by atoms with Crippen molar-refractivity contribution in [3.63, 3.8) is 0 Å². The van der Waals surface area contributed by atoms with Crippen molar-refractivity contribution in [1.29, 1.82) is 0 Å². The van der Waals surface area contributed by atoms with Crippen LogP contribution in [-0.2, 0) is 6.42 Å². The molecule has 0 spiro atoms. The number of halogens is 1. The number of rotatable bonds is 5. The number of aliphatic hydroxyl groups excluding tert-OH is 1. The minimum atomic E-state index is -1.11. The van der Waals surface area contributed by atoms with E-state index in [1.807, 2.05) is 33.0 Å². The van der Waals surface area contributed by atoms with Crippen molar-refractivity contribution in [1.82, 2.24) is 0 Å². The smallest absolute Gasteiger partial charge is 0.153 e. The second-order valence-electron chi connectivity index (χ2n) is 6.65. The molecule has 28 heavy (non-hydrogen) atoms. The predicted molar refractivity (Wildman–Crippen MR) is 119 cm³/mol. The summed E-state index contributed by atoms with van der Waals surface area (Å²) in [4.78, 5) is 0. The van der Waals surface area contributed by atoms with Crippen molar-refractivity contribution < 1.29 is 9.59 Å².